The van der Waals surface area contributed by atoms with Gasteiger partial charge in [0.25, 0.3) is 5.56 Å². The smallest absolute Gasteiger partial charge is 0.338 e. The molecule has 0 radical (unpaired) electrons. The van der Waals surface area contributed by atoms with Crippen molar-refractivity contribution in [1.29, 1.82) is 0 Å². The van der Waals surface area contributed by atoms with Gasteiger partial charge >= 0.3 is 5.97 Å². The minimum Gasteiger partial charge on any atom is -0.494 e. The largest absolute Gasteiger partial charge is 0.494 e. The number of hydrogen-bond acceptors (Lipinski definition) is 7. The van der Waals surface area contributed by atoms with Crippen LogP contribution in [0.25, 0.3) is 6.08 Å². The van der Waals surface area contributed by atoms with Crippen molar-refractivity contribution in [1.82, 2.24) is 9.55 Å². The Morgan fingerprint density at radius 1 is 1.24 bits per heavy atom. The van der Waals surface area contributed by atoms with E-state index in [9.17, 15) is 9.59 Å². The number of aromatic nitrogens is 2. The van der Waals surface area contributed by atoms with Gasteiger partial charge in [-0.1, -0.05) is 29.5 Å². The van der Waals surface area contributed by atoms with Gasteiger partial charge in [0.15, 0.2) is 4.80 Å². The molecule has 4 rings (SSSR count). The van der Waals surface area contributed by atoms with Crippen LogP contribution in [0.4, 0.5) is 0 Å². The van der Waals surface area contributed by atoms with Crippen LogP contribution in [-0.2, 0) is 9.53 Å². The monoisotopic (exact) mass is 463 g/mol. The first-order valence-electron chi connectivity index (χ1n) is 10.8. The van der Waals surface area contributed by atoms with Crippen molar-refractivity contribution in [3.05, 3.63) is 90.9 Å². The molecule has 0 amide bonds. The summed E-state index contributed by atoms with van der Waals surface area (Å²) in [7, 11) is 0. The highest BCUT2D eigenvalue weighted by Gasteiger charge is 2.33. The van der Waals surface area contributed by atoms with Gasteiger partial charge in [0, 0.05) is 12.4 Å². The van der Waals surface area contributed by atoms with Crippen molar-refractivity contribution in [2.24, 2.45) is 4.99 Å². The zero-order valence-electron chi connectivity index (χ0n) is 18.9. The summed E-state index contributed by atoms with van der Waals surface area (Å²) in [4.78, 5) is 35.9. The summed E-state index contributed by atoms with van der Waals surface area (Å²) in [5.41, 5.74) is 2.26. The van der Waals surface area contributed by atoms with Crippen molar-refractivity contribution in [2.75, 3.05) is 6.61 Å². The van der Waals surface area contributed by atoms with Crippen LogP contribution in [-0.4, -0.2) is 28.2 Å². The maximum Gasteiger partial charge on any atom is 0.338 e. The summed E-state index contributed by atoms with van der Waals surface area (Å²) >= 11 is 1.29. The van der Waals surface area contributed by atoms with Crippen LogP contribution in [0.5, 0.6) is 5.75 Å². The van der Waals surface area contributed by atoms with Crippen molar-refractivity contribution >= 4 is 23.4 Å². The first-order valence-corrected chi connectivity index (χ1v) is 11.6. The Morgan fingerprint density at radius 2 is 2.00 bits per heavy atom. The highest BCUT2D eigenvalue weighted by atomic mass is 32.1. The predicted octanol–water partition coefficient (Wildman–Crippen LogP) is 2.98. The number of esters is 1. The highest BCUT2D eigenvalue weighted by Crippen LogP contribution is 2.31. The molecule has 0 bridgehead atoms. The van der Waals surface area contributed by atoms with E-state index in [2.05, 4.69) is 9.98 Å². The first-order chi connectivity index (χ1) is 15.9. The van der Waals surface area contributed by atoms with E-state index in [1.165, 1.54) is 11.3 Å². The molecule has 3 heterocycles. The van der Waals surface area contributed by atoms with Crippen LogP contribution in [0.1, 0.15) is 44.9 Å². The maximum absolute atomic E-state index is 13.5. The Labute approximate surface area is 195 Å². The van der Waals surface area contributed by atoms with Gasteiger partial charge in [0.05, 0.1) is 34.6 Å². The van der Waals surface area contributed by atoms with E-state index >= 15 is 0 Å². The second-order valence-corrected chi connectivity index (χ2v) is 8.83. The lowest BCUT2D eigenvalue weighted by Gasteiger charge is -2.25. The zero-order chi connectivity index (χ0) is 23.5. The molecule has 1 atom stereocenters. The Hall–Kier alpha value is -3.52. The number of thiazole rings is 1. The van der Waals surface area contributed by atoms with Gasteiger partial charge in [-0.2, -0.15) is 0 Å². The fourth-order valence-electron chi connectivity index (χ4n) is 3.70. The van der Waals surface area contributed by atoms with Crippen LogP contribution >= 0.6 is 11.3 Å². The van der Waals surface area contributed by atoms with E-state index in [-0.39, 0.29) is 11.7 Å². The number of carbonyl (C=O) groups is 1. The Kier molecular flexibility index (Phi) is 6.55. The van der Waals surface area contributed by atoms with E-state index in [0.29, 0.717) is 27.2 Å². The predicted molar refractivity (Wildman–Crippen MR) is 127 cm³/mol. The van der Waals surface area contributed by atoms with Crippen molar-refractivity contribution in [3.63, 3.8) is 0 Å². The van der Waals surface area contributed by atoms with Crippen LogP contribution in [0.15, 0.2) is 69.8 Å². The molecule has 2 aromatic heterocycles. The number of nitrogens with zero attached hydrogens (tertiary/aromatic N) is 3. The fourth-order valence-corrected chi connectivity index (χ4v) is 4.75. The molecule has 8 heteroatoms. The summed E-state index contributed by atoms with van der Waals surface area (Å²) in [5, 5.41) is 0. The minimum atomic E-state index is -0.653. The molecular weight excluding hydrogens is 438 g/mol. The number of hydrogen-bond donors (Lipinski definition) is 0. The average molecular weight is 464 g/mol. The Bertz CT molecular complexity index is 1370. The van der Waals surface area contributed by atoms with Crippen LogP contribution in [0, 0.1) is 0 Å². The third-order valence-electron chi connectivity index (χ3n) is 5.07. The van der Waals surface area contributed by atoms with Gasteiger partial charge in [-0.25, -0.2) is 9.79 Å². The van der Waals surface area contributed by atoms with Crippen molar-refractivity contribution < 1.29 is 14.3 Å². The van der Waals surface area contributed by atoms with E-state index in [4.69, 9.17) is 9.47 Å². The number of rotatable bonds is 6. The summed E-state index contributed by atoms with van der Waals surface area (Å²) in [5.74, 6) is 0.240. The molecule has 1 aromatic carbocycles. The molecule has 33 heavy (non-hydrogen) atoms. The SMILES string of the molecule is CCOc1ccc([C@H]2C(C(=O)OC(C)C)=C(C)N=c3s/c(=C/c4cccnc4)c(=O)n32)cc1. The maximum atomic E-state index is 13.5. The highest BCUT2D eigenvalue weighted by molar-refractivity contribution is 7.07. The van der Waals surface area contributed by atoms with E-state index < -0.39 is 12.0 Å². The molecular formula is C25H25N3O4S. The second-order valence-electron chi connectivity index (χ2n) is 7.82. The minimum absolute atomic E-state index is 0.219. The van der Waals surface area contributed by atoms with Gasteiger partial charge in [-0.05, 0) is 63.1 Å². The van der Waals surface area contributed by atoms with E-state index in [1.54, 1.807) is 43.8 Å². The Balaban J connectivity index is 1.91. The molecule has 7 nitrogen and oxygen atoms in total. The molecule has 0 spiro atoms. The Morgan fingerprint density at radius 3 is 2.64 bits per heavy atom. The van der Waals surface area contributed by atoms with Gasteiger partial charge in [-0.15, -0.1) is 0 Å². The normalized spacial score (nSPS) is 15.9. The summed E-state index contributed by atoms with van der Waals surface area (Å²) in [6, 6.07) is 10.5. The lowest BCUT2D eigenvalue weighted by molar-refractivity contribution is -0.143. The molecule has 1 aliphatic rings. The van der Waals surface area contributed by atoms with Gasteiger partial charge < -0.3 is 9.47 Å². The van der Waals surface area contributed by atoms with Gasteiger partial charge in [0.1, 0.15) is 5.75 Å². The first kappa shape index (κ1) is 22.7. The van der Waals surface area contributed by atoms with Crippen LogP contribution < -0.4 is 19.6 Å². The van der Waals surface area contributed by atoms with Gasteiger partial charge in [-0.3, -0.25) is 14.3 Å². The quantitative estimate of drug-likeness (QED) is 0.525. The lowest BCUT2D eigenvalue weighted by atomic mass is 9.96. The second kappa shape index (κ2) is 9.54. The lowest BCUT2D eigenvalue weighted by Crippen LogP contribution is -2.40. The number of benzene rings is 1. The van der Waals surface area contributed by atoms with Crippen LogP contribution in [0.3, 0.4) is 0 Å². The van der Waals surface area contributed by atoms with E-state index in [1.807, 2.05) is 43.3 Å². The number of ether oxygens (including phenoxy) is 2. The standard InChI is InChI=1S/C25H25N3O4S/c1-5-31-19-10-8-18(9-11-19)22-21(24(30)32-15(2)3)16(4)27-25-28(22)23(29)20(33-25)13-17-7-6-12-26-14-17/h6-15,22H,5H2,1-4H3/b20-13+/t22-/m0/s1. The zero-order valence-corrected chi connectivity index (χ0v) is 19.8. The summed E-state index contributed by atoms with van der Waals surface area (Å²) < 4.78 is 13.2. The topological polar surface area (TPSA) is 82.8 Å². The molecule has 0 saturated carbocycles. The molecule has 0 N–H and O–H groups in total. The molecule has 0 fully saturated rings. The molecule has 170 valence electrons. The summed E-state index contributed by atoms with van der Waals surface area (Å²) in [6.45, 7) is 7.83. The average Bonchev–Trinajstić information content (AvgIpc) is 3.08. The molecule has 0 aliphatic carbocycles. The number of pyridine rings is 1. The van der Waals surface area contributed by atoms with E-state index in [0.717, 1.165) is 16.9 Å². The number of allylic oxidation sites excluding steroid dienone is 1. The summed E-state index contributed by atoms with van der Waals surface area (Å²) in [6.07, 6.45) is 4.87. The van der Waals surface area contributed by atoms with Crippen molar-refractivity contribution in [3.8, 4) is 5.75 Å². The molecule has 0 unspecified atom stereocenters. The molecule has 0 saturated heterocycles. The van der Waals surface area contributed by atoms with Crippen LogP contribution in [0.2, 0.25) is 0 Å². The molecule has 1 aliphatic heterocycles. The third kappa shape index (κ3) is 4.66. The fraction of sp³-hybridized carbons (Fsp3) is 0.280. The van der Waals surface area contributed by atoms with Gasteiger partial charge in [0.2, 0.25) is 0 Å². The number of carbonyl (C=O) groups excluding carboxylic acids is 1. The van der Waals surface area contributed by atoms with Crippen molar-refractivity contribution in [2.45, 2.75) is 39.8 Å². The molecule has 3 aromatic rings. The third-order valence-corrected chi connectivity index (χ3v) is 6.06. The number of fused-ring (bicyclic) bond motifs is 1.